The second-order valence-corrected chi connectivity index (χ2v) is 5.80. The van der Waals surface area contributed by atoms with E-state index < -0.39 is 0 Å². The molecule has 20 heavy (non-hydrogen) atoms. The Morgan fingerprint density at radius 2 is 1.95 bits per heavy atom. The van der Waals surface area contributed by atoms with Crippen LogP contribution < -0.4 is 5.73 Å². The van der Waals surface area contributed by atoms with Crippen LogP contribution in [-0.4, -0.2) is 9.78 Å². The molecular formula is C16H16BrN3. The molecule has 2 N–H and O–H groups in total. The Labute approximate surface area is 126 Å². The lowest BCUT2D eigenvalue weighted by Gasteiger charge is -2.14. The second-order valence-electron chi connectivity index (χ2n) is 4.95. The van der Waals surface area contributed by atoms with Crippen LogP contribution in [-0.2, 0) is 13.5 Å². The average Bonchev–Trinajstić information content (AvgIpc) is 2.78. The van der Waals surface area contributed by atoms with Gasteiger partial charge in [-0.3, -0.25) is 4.68 Å². The van der Waals surface area contributed by atoms with Gasteiger partial charge in [-0.2, -0.15) is 5.10 Å². The Morgan fingerprint density at radius 3 is 2.70 bits per heavy atom. The number of aryl methyl sites for hydroxylation is 1. The zero-order chi connectivity index (χ0) is 14.1. The van der Waals surface area contributed by atoms with Gasteiger partial charge in [-0.05, 0) is 38.7 Å². The number of benzene rings is 2. The van der Waals surface area contributed by atoms with Gasteiger partial charge in [0.1, 0.15) is 0 Å². The van der Waals surface area contributed by atoms with Crippen LogP contribution in [0.3, 0.4) is 0 Å². The third-order valence-corrected chi connectivity index (χ3v) is 4.22. The normalized spacial score (nSPS) is 12.8. The van der Waals surface area contributed by atoms with Gasteiger partial charge in [0.15, 0.2) is 0 Å². The number of hydrogen-bond acceptors (Lipinski definition) is 2. The highest BCUT2D eigenvalue weighted by atomic mass is 79.9. The van der Waals surface area contributed by atoms with E-state index in [2.05, 4.69) is 63.5 Å². The minimum atomic E-state index is -0.0809. The number of aromatic nitrogens is 2. The fraction of sp³-hybridized carbons (Fsp3) is 0.188. The van der Waals surface area contributed by atoms with Crippen LogP contribution in [0.2, 0.25) is 0 Å². The molecule has 4 heteroatoms. The van der Waals surface area contributed by atoms with Crippen molar-refractivity contribution in [2.75, 3.05) is 0 Å². The van der Waals surface area contributed by atoms with Crippen molar-refractivity contribution in [2.45, 2.75) is 12.5 Å². The smallest absolute Gasteiger partial charge is 0.0693 e. The number of nitrogens with zero attached hydrogens (tertiary/aromatic N) is 2. The molecule has 0 fully saturated rings. The summed E-state index contributed by atoms with van der Waals surface area (Å²) in [5.74, 6) is 0. The first-order valence-electron chi connectivity index (χ1n) is 6.56. The summed E-state index contributed by atoms with van der Waals surface area (Å²) in [7, 11) is 1.92. The van der Waals surface area contributed by atoms with Crippen LogP contribution in [0.1, 0.15) is 17.3 Å². The summed E-state index contributed by atoms with van der Waals surface area (Å²) in [6, 6.07) is 14.7. The molecule has 3 rings (SSSR count). The van der Waals surface area contributed by atoms with Crippen LogP contribution in [0.25, 0.3) is 10.8 Å². The molecule has 0 saturated carbocycles. The SMILES string of the molecule is Cn1ncc(Br)c1C(N)Cc1cccc2ccccc12. The molecular weight excluding hydrogens is 314 g/mol. The third kappa shape index (κ3) is 2.37. The van der Waals surface area contributed by atoms with Crippen molar-refractivity contribution in [1.82, 2.24) is 9.78 Å². The summed E-state index contributed by atoms with van der Waals surface area (Å²) < 4.78 is 2.80. The van der Waals surface area contributed by atoms with E-state index in [1.165, 1.54) is 16.3 Å². The molecule has 0 bridgehead atoms. The van der Waals surface area contributed by atoms with Gasteiger partial charge in [-0.25, -0.2) is 0 Å². The van der Waals surface area contributed by atoms with Crippen molar-refractivity contribution >= 4 is 26.7 Å². The zero-order valence-electron chi connectivity index (χ0n) is 11.3. The fourth-order valence-corrected chi connectivity index (χ4v) is 3.28. The first-order valence-corrected chi connectivity index (χ1v) is 7.35. The predicted octanol–water partition coefficient (Wildman–Crippen LogP) is 3.58. The van der Waals surface area contributed by atoms with Crippen molar-refractivity contribution in [2.24, 2.45) is 12.8 Å². The number of halogens is 1. The van der Waals surface area contributed by atoms with E-state index in [0.29, 0.717) is 0 Å². The van der Waals surface area contributed by atoms with E-state index in [1.54, 1.807) is 6.20 Å². The van der Waals surface area contributed by atoms with Crippen LogP contribution >= 0.6 is 15.9 Å². The lowest BCUT2D eigenvalue weighted by atomic mass is 9.98. The molecule has 1 aromatic heterocycles. The Kier molecular flexibility index (Phi) is 3.59. The largest absolute Gasteiger partial charge is 0.322 e. The maximum atomic E-state index is 6.37. The summed E-state index contributed by atoms with van der Waals surface area (Å²) >= 11 is 3.52. The average molecular weight is 330 g/mol. The lowest BCUT2D eigenvalue weighted by Crippen LogP contribution is -2.17. The molecule has 1 unspecified atom stereocenters. The van der Waals surface area contributed by atoms with Crippen LogP contribution in [0.4, 0.5) is 0 Å². The minimum absolute atomic E-state index is 0.0809. The predicted molar refractivity (Wildman–Crippen MR) is 85.5 cm³/mol. The van der Waals surface area contributed by atoms with Crippen LogP contribution in [0.15, 0.2) is 53.1 Å². The maximum absolute atomic E-state index is 6.37. The maximum Gasteiger partial charge on any atom is 0.0693 e. The molecule has 1 atom stereocenters. The molecule has 0 spiro atoms. The first-order chi connectivity index (χ1) is 9.66. The third-order valence-electron chi connectivity index (χ3n) is 3.61. The molecule has 0 aliphatic carbocycles. The Morgan fingerprint density at radius 1 is 1.20 bits per heavy atom. The minimum Gasteiger partial charge on any atom is -0.322 e. The van der Waals surface area contributed by atoms with Crippen molar-refractivity contribution in [3.05, 3.63) is 64.4 Å². The summed E-state index contributed by atoms with van der Waals surface area (Å²) in [5, 5.41) is 6.75. The van der Waals surface area contributed by atoms with Gasteiger partial charge in [0.05, 0.1) is 22.4 Å². The molecule has 0 saturated heterocycles. The molecule has 3 nitrogen and oxygen atoms in total. The standard InChI is InChI=1S/C16H16BrN3/c1-20-16(14(17)10-19-20)15(18)9-12-7-4-6-11-5-2-3-8-13(11)12/h2-8,10,15H,9,18H2,1H3. The van der Waals surface area contributed by atoms with Gasteiger partial charge in [-0.15, -0.1) is 0 Å². The number of fused-ring (bicyclic) bond motifs is 1. The molecule has 3 aromatic rings. The molecule has 0 radical (unpaired) electrons. The highest BCUT2D eigenvalue weighted by Crippen LogP contribution is 2.26. The van der Waals surface area contributed by atoms with Crippen molar-refractivity contribution < 1.29 is 0 Å². The molecule has 0 aliphatic heterocycles. The van der Waals surface area contributed by atoms with Crippen molar-refractivity contribution in [3.8, 4) is 0 Å². The molecule has 0 amide bonds. The van der Waals surface area contributed by atoms with E-state index in [-0.39, 0.29) is 6.04 Å². The monoisotopic (exact) mass is 329 g/mol. The van der Waals surface area contributed by atoms with Gasteiger partial charge in [0, 0.05) is 7.05 Å². The highest BCUT2D eigenvalue weighted by Gasteiger charge is 2.16. The van der Waals surface area contributed by atoms with E-state index in [0.717, 1.165) is 16.6 Å². The summed E-state index contributed by atoms with van der Waals surface area (Å²) in [4.78, 5) is 0. The zero-order valence-corrected chi connectivity index (χ0v) is 12.8. The summed E-state index contributed by atoms with van der Waals surface area (Å²) in [6.07, 6.45) is 2.58. The van der Waals surface area contributed by atoms with E-state index >= 15 is 0 Å². The Bertz CT molecular complexity index is 724. The van der Waals surface area contributed by atoms with E-state index in [1.807, 2.05) is 11.7 Å². The quantitative estimate of drug-likeness (QED) is 0.798. The molecule has 2 aromatic carbocycles. The fourth-order valence-electron chi connectivity index (χ4n) is 2.64. The number of rotatable bonds is 3. The topological polar surface area (TPSA) is 43.8 Å². The second kappa shape index (κ2) is 5.38. The highest BCUT2D eigenvalue weighted by molar-refractivity contribution is 9.10. The van der Waals surface area contributed by atoms with Crippen LogP contribution in [0, 0.1) is 0 Å². The Hall–Kier alpha value is -1.65. The summed E-state index contributed by atoms with van der Waals surface area (Å²) in [6.45, 7) is 0. The van der Waals surface area contributed by atoms with E-state index in [9.17, 15) is 0 Å². The van der Waals surface area contributed by atoms with Crippen molar-refractivity contribution in [3.63, 3.8) is 0 Å². The van der Waals surface area contributed by atoms with Crippen molar-refractivity contribution in [1.29, 1.82) is 0 Å². The van der Waals surface area contributed by atoms with Gasteiger partial charge in [0.25, 0.3) is 0 Å². The van der Waals surface area contributed by atoms with Gasteiger partial charge < -0.3 is 5.73 Å². The number of hydrogen-bond donors (Lipinski definition) is 1. The summed E-state index contributed by atoms with van der Waals surface area (Å²) in [5.41, 5.74) is 8.67. The molecule has 0 aliphatic rings. The Balaban J connectivity index is 1.97. The van der Waals surface area contributed by atoms with E-state index in [4.69, 9.17) is 5.73 Å². The molecule has 102 valence electrons. The van der Waals surface area contributed by atoms with Gasteiger partial charge in [-0.1, -0.05) is 42.5 Å². The van der Waals surface area contributed by atoms with Gasteiger partial charge >= 0.3 is 0 Å². The lowest BCUT2D eigenvalue weighted by molar-refractivity contribution is 0.616. The first kappa shape index (κ1) is 13.3. The van der Waals surface area contributed by atoms with Crippen LogP contribution in [0.5, 0.6) is 0 Å². The van der Waals surface area contributed by atoms with Gasteiger partial charge in [0.2, 0.25) is 0 Å². The molecule has 1 heterocycles. The number of nitrogens with two attached hydrogens (primary N) is 1.